The van der Waals surface area contributed by atoms with Crippen molar-refractivity contribution in [2.75, 3.05) is 29.7 Å². The summed E-state index contributed by atoms with van der Waals surface area (Å²) in [5.41, 5.74) is 1.97. The molecule has 41 heavy (non-hydrogen) atoms. The summed E-state index contributed by atoms with van der Waals surface area (Å²) in [6, 6.07) is 19.4. The molecule has 1 aliphatic carbocycles. The fourth-order valence-corrected chi connectivity index (χ4v) is 5.62. The summed E-state index contributed by atoms with van der Waals surface area (Å²) in [4.78, 5) is 12.3. The maximum absolute atomic E-state index is 12.9. The molecule has 2 amide bonds. The lowest BCUT2D eigenvalue weighted by Gasteiger charge is -2.22. The molecule has 0 unspecified atom stereocenters. The minimum absolute atomic E-state index is 0.0944. The summed E-state index contributed by atoms with van der Waals surface area (Å²) in [5.74, 6) is 0.723. The molecule has 1 atom stereocenters. The fraction of sp³-hybridized carbons (Fsp3) is 0.367. The molecule has 3 aromatic carbocycles. The Balaban J connectivity index is 1.17. The van der Waals surface area contributed by atoms with E-state index in [-0.39, 0.29) is 29.3 Å². The molecule has 0 aromatic heterocycles. The summed E-state index contributed by atoms with van der Waals surface area (Å²) in [5, 5.41) is 28.3. The number of aliphatic hydroxyl groups is 1. The average Bonchev–Trinajstić information content (AvgIpc) is 2.96. The SMILES string of the molecule is O=C(Nc1ccc(S(=O)(=O)Nc2ccc(CCNC[C@H](O)COc3ccc(O)cc3)cc2)cc1)NC1CCCCC1. The lowest BCUT2D eigenvalue weighted by atomic mass is 9.96. The number of aliphatic hydroxyl groups excluding tert-OH is 1. The maximum Gasteiger partial charge on any atom is 0.319 e. The van der Waals surface area contributed by atoms with E-state index in [1.54, 1.807) is 36.4 Å². The molecule has 0 bridgehead atoms. The van der Waals surface area contributed by atoms with E-state index < -0.39 is 16.1 Å². The second-order valence-corrected chi connectivity index (χ2v) is 11.9. The molecule has 220 valence electrons. The van der Waals surface area contributed by atoms with Gasteiger partial charge in [0.25, 0.3) is 10.0 Å². The number of anilines is 2. The highest BCUT2D eigenvalue weighted by Gasteiger charge is 2.17. The van der Waals surface area contributed by atoms with Gasteiger partial charge >= 0.3 is 6.03 Å². The Labute approximate surface area is 241 Å². The molecular weight excluding hydrogens is 544 g/mol. The molecule has 0 heterocycles. The summed E-state index contributed by atoms with van der Waals surface area (Å²) in [7, 11) is -3.80. The first-order chi connectivity index (χ1) is 19.8. The van der Waals surface area contributed by atoms with Gasteiger partial charge in [-0.2, -0.15) is 0 Å². The predicted molar refractivity (Wildman–Crippen MR) is 159 cm³/mol. The van der Waals surface area contributed by atoms with Gasteiger partial charge in [-0.05, 0) is 92.0 Å². The number of urea groups is 1. The van der Waals surface area contributed by atoms with Crippen molar-refractivity contribution in [3.63, 3.8) is 0 Å². The smallest absolute Gasteiger partial charge is 0.319 e. The number of sulfonamides is 1. The molecular formula is C30H38N4O6S. The van der Waals surface area contributed by atoms with Crippen molar-refractivity contribution in [2.45, 2.75) is 55.6 Å². The Kier molecular flexibility index (Phi) is 10.8. The number of hydrogen-bond donors (Lipinski definition) is 6. The van der Waals surface area contributed by atoms with Crippen LogP contribution < -0.4 is 25.4 Å². The molecule has 6 N–H and O–H groups in total. The van der Waals surface area contributed by atoms with Crippen LogP contribution in [0.15, 0.2) is 77.7 Å². The number of nitrogens with one attached hydrogen (secondary N) is 4. The molecule has 4 rings (SSSR count). The standard InChI is InChI=1S/C30H38N4O6S/c35-26-12-14-28(15-13-26)40-21-27(36)20-31-19-18-22-6-8-25(9-7-22)34-41(38,39)29-16-10-24(11-17-29)33-30(37)32-23-4-2-1-3-5-23/h6-17,23,27,31,34-36H,1-5,18-21H2,(H2,32,33,37)/t27-/m0/s1. The zero-order valence-corrected chi connectivity index (χ0v) is 23.7. The van der Waals surface area contributed by atoms with E-state index in [0.717, 1.165) is 31.2 Å². The van der Waals surface area contributed by atoms with Gasteiger partial charge in [-0.15, -0.1) is 0 Å². The van der Waals surface area contributed by atoms with Crippen molar-refractivity contribution >= 4 is 27.4 Å². The Morgan fingerprint density at radius 2 is 1.56 bits per heavy atom. The molecule has 3 aromatic rings. The van der Waals surface area contributed by atoms with Gasteiger partial charge in [0.2, 0.25) is 0 Å². The Hall–Kier alpha value is -3.80. The van der Waals surface area contributed by atoms with Gasteiger partial charge in [0, 0.05) is 24.0 Å². The molecule has 10 nitrogen and oxygen atoms in total. The van der Waals surface area contributed by atoms with E-state index in [4.69, 9.17) is 4.74 Å². The first-order valence-electron chi connectivity index (χ1n) is 13.9. The number of phenolic OH excluding ortho intramolecular Hbond substituents is 1. The quantitative estimate of drug-likeness (QED) is 0.165. The number of carbonyl (C=O) groups is 1. The number of benzene rings is 3. The first kappa shape index (κ1) is 30.2. The van der Waals surface area contributed by atoms with Crippen LogP contribution in [-0.2, 0) is 16.4 Å². The van der Waals surface area contributed by atoms with Gasteiger partial charge in [-0.1, -0.05) is 31.4 Å². The van der Waals surface area contributed by atoms with Crippen LogP contribution in [0.3, 0.4) is 0 Å². The minimum Gasteiger partial charge on any atom is -0.508 e. The van der Waals surface area contributed by atoms with E-state index in [2.05, 4.69) is 20.7 Å². The van der Waals surface area contributed by atoms with Crippen LogP contribution in [0, 0.1) is 0 Å². The summed E-state index contributed by atoms with van der Waals surface area (Å²) in [6.07, 6.45) is 5.42. The number of hydrogen-bond acceptors (Lipinski definition) is 7. The van der Waals surface area contributed by atoms with Crippen LogP contribution in [0.4, 0.5) is 16.2 Å². The molecule has 1 saturated carbocycles. The number of phenols is 1. The second-order valence-electron chi connectivity index (χ2n) is 10.2. The third-order valence-electron chi connectivity index (χ3n) is 6.82. The van der Waals surface area contributed by atoms with Crippen molar-refractivity contribution in [1.29, 1.82) is 0 Å². The van der Waals surface area contributed by atoms with Crippen LogP contribution >= 0.6 is 0 Å². The van der Waals surface area contributed by atoms with E-state index in [1.807, 2.05) is 12.1 Å². The van der Waals surface area contributed by atoms with Gasteiger partial charge in [0.15, 0.2) is 0 Å². The van der Waals surface area contributed by atoms with E-state index in [0.29, 0.717) is 36.6 Å². The van der Waals surface area contributed by atoms with Crippen molar-refractivity contribution < 1.29 is 28.2 Å². The molecule has 0 saturated heterocycles. The topological polar surface area (TPSA) is 149 Å². The van der Waals surface area contributed by atoms with Gasteiger partial charge in [0.1, 0.15) is 24.2 Å². The van der Waals surface area contributed by atoms with Gasteiger partial charge in [-0.25, -0.2) is 13.2 Å². The van der Waals surface area contributed by atoms with Crippen molar-refractivity contribution in [2.24, 2.45) is 0 Å². The van der Waals surface area contributed by atoms with Crippen molar-refractivity contribution in [3.05, 3.63) is 78.4 Å². The highest BCUT2D eigenvalue weighted by atomic mass is 32.2. The summed E-state index contributed by atoms with van der Waals surface area (Å²) in [6.45, 7) is 1.11. The van der Waals surface area contributed by atoms with Crippen LogP contribution in [0.25, 0.3) is 0 Å². The second kappa shape index (κ2) is 14.7. The third-order valence-corrected chi connectivity index (χ3v) is 8.22. The molecule has 0 spiro atoms. The summed E-state index contributed by atoms with van der Waals surface area (Å²) < 4.78 is 33.8. The van der Waals surface area contributed by atoms with Gasteiger partial charge < -0.3 is 30.9 Å². The number of carbonyl (C=O) groups excluding carboxylic acids is 1. The Bertz CT molecular complexity index is 1340. The highest BCUT2D eigenvalue weighted by molar-refractivity contribution is 7.92. The average molecular weight is 583 g/mol. The molecule has 0 radical (unpaired) electrons. The minimum atomic E-state index is -3.80. The first-order valence-corrected chi connectivity index (χ1v) is 15.3. The normalized spacial score (nSPS) is 14.7. The number of amides is 2. The van der Waals surface area contributed by atoms with E-state index in [9.17, 15) is 23.4 Å². The lowest BCUT2D eigenvalue weighted by Crippen LogP contribution is -2.39. The highest BCUT2D eigenvalue weighted by Crippen LogP contribution is 2.20. The maximum atomic E-state index is 12.9. The van der Waals surface area contributed by atoms with Gasteiger partial charge in [-0.3, -0.25) is 4.72 Å². The van der Waals surface area contributed by atoms with Crippen LogP contribution in [0.1, 0.15) is 37.7 Å². The Morgan fingerprint density at radius 1 is 0.902 bits per heavy atom. The third kappa shape index (κ3) is 9.96. The van der Waals surface area contributed by atoms with E-state index in [1.165, 1.54) is 30.7 Å². The predicted octanol–water partition coefficient (Wildman–Crippen LogP) is 4.22. The van der Waals surface area contributed by atoms with Crippen LogP contribution in [-0.4, -0.2) is 56.5 Å². The molecule has 0 aliphatic heterocycles. The molecule has 11 heteroatoms. The zero-order chi connectivity index (χ0) is 29.1. The fourth-order valence-electron chi connectivity index (χ4n) is 4.57. The van der Waals surface area contributed by atoms with Gasteiger partial charge in [0.05, 0.1) is 4.90 Å². The van der Waals surface area contributed by atoms with E-state index >= 15 is 0 Å². The number of aromatic hydroxyl groups is 1. The zero-order valence-electron chi connectivity index (χ0n) is 22.9. The Morgan fingerprint density at radius 3 is 2.24 bits per heavy atom. The monoisotopic (exact) mass is 582 g/mol. The van der Waals surface area contributed by atoms with Crippen molar-refractivity contribution in [1.82, 2.24) is 10.6 Å². The number of rotatable bonds is 13. The molecule has 1 fully saturated rings. The van der Waals surface area contributed by atoms with Crippen LogP contribution in [0.2, 0.25) is 0 Å². The molecule has 1 aliphatic rings. The summed E-state index contributed by atoms with van der Waals surface area (Å²) >= 11 is 0. The van der Waals surface area contributed by atoms with Crippen molar-refractivity contribution in [3.8, 4) is 11.5 Å². The largest absolute Gasteiger partial charge is 0.508 e. The van der Waals surface area contributed by atoms with Crippen LogP contribution in [0.5, 0.6) is 11.5 Å². The lowest BCUT2D eigenvalue weighted by molar-refractivity contribution is 0.106. The number of ether oxygens (including phenoxy) is 1.